The Morgan fingerprint density at radius 2 is 1.83 bits per heavy atom. The van der Waals surface area contributed by atoms with Crippen LogP contribution < -0.4 is 10.2 Å². The van der Waals surface area contributed by atoms with Crippen LogP contribution in [0.3, 0.4) is 0 Å². The lowest BCUT2D eigenvalue weighted by Gasteiger charge is -2.23. The van der Waals surface area contributed by atoms with Crippen LogP contribution in [-0.2, 0) is 22.6 Å². The van der Waals surface area contributed by atoms with Crippen molar-refractivity contribution in [2.24, 2.45) is 0 Å². The van der Waals surface area contributed by atoms with Crippen molar-refractivity contribution in [2.75, 3.05) is 4.90 Å². The molecule has 4 heteroatoms. The molecule has 0 aliphatic carbocycles. The second-order valence-corrected chi connectivity index (χ2v) is 5.94. The van der Waals surface area contributed by atoms with E-state index in [1.165, 1.54) is 12.5 Å². The molecule has 23 heavy (non-hydrogen) atoms. The molecule has 0 aromatic heterocycles. The number of para-hydroxylation sites is 1. The Hall–Kier alpha value is -2.62. The maximum atomic E-state index is 12.6. The van der Waals surface area contributed by atoms with Crippen LogP contribution in [0.25, 0.3) is 0 Å². The summed E-state index contributed by atoms with van der Waals surface area (Å²) < 4.78 is 0. The van der Waals surface area contributed by atoms with Crippen LogP contribution >= 0.6 is 0 Å². The predicted octanol–water partition coefficient (Wildman–Crippen LogP) is 2.59. The van der Waals surface area contributed by atoms with Crippen molar-refractivity contribution >= 4 is 17.5 Å². The fourth-order valence-corrected chi connectivity index (χ4v) is 3.00. The molecule has 0 bridgehead atoms. The van der Waals surface area contributed by atoms with E-state index in [1.54, 1.807) is 4.90 Å². The van der Waals surface area contributed by atoms with Gasteiger partial charge in [0, 0.05) is 25.6 Å². The zero-order valence-corrected chi connectivity index (χ0v) is 13.4. The first-order valence-electron chi connectivity index (χ1n) is 7.77. The summed E-state index contributed by atoms with van der Waals surface area (Å²) in [5.74, 6) is -0.220. The average molecular weight is 308 g/mol. The Bertz CT molecular complexity index is 737. The molecule has 1 unspecified atom stereocenters. The van der Waals surface area contributed by atoms with Gasteiger partial charge in [0.15, 0.2) is 0 Å². The fraction of sp³-hybridized carbons (Fsp3) is 0.263. The smallest absolute Gasteiger partial charge is 0.243 e. The molecule has 0 fully saturated rings. The van der Waals surface area contributed by atoms with Crippen molar-refractivity contribution < 1.29 is 9.59 Å². The zero-order valence-electron chi connectivity index (χ0n) is 13.4. The van der Waals surface area contributed by atoms with Gasteiger partial charge in [0.25, 0.3) is 0 Å². The van der Waals surface area contributed by atoms with E-state index >= 15 is 0 Å². The SMILES string of the molecule is CC(=O)N1c2ccccc2CC1C(=O)NCc1ccc(C)cc1. The van der Waals surface area contributed by atoms with Gasteiger partial charge in [-0.15, -0.1) is 0 Å². The lowest BCUT2D eigenvalue weighted by atomic mass is 10.1. The van der Waals surface area contributed by atoms with Crippen LogP contribution in [0.1, 0.15) is 23.6 Å². The summed E-state index contributed by atoms with van der Waals surface area (Å²) in [5, 5.41) is 2.95. The minimum Gasteiger partial charge on any atom is -0.350 e. The largest absolute Gasteiger partial charge is 0.350 e. The normalized spacial score (nSPS) is 16.1. The van der Waals surface area contributed by atoms with Crippen LogP contribution in [0.2, 0.25) is 0 Å². The van der Waals surface area contributed by atoms with Crippen molar-refractivity contribution in [3.05, 3.63) is 65.2 Å². The topological polar surface area (TPSA) is 49.4 Å². The molecule has 0 radical (unpaired) electrons. The van der Waals surface area contributed by atoms with E-state index in [9.17, 15) is 9.59 Å². The first-order chi connectivity index (χ1) is 11.1. The molecular formula is C19H20N2O2. The van der Waals surface area contributed by atoms with Gasteiger partial charge in [0.1, 0.15) is 6.04 Å². The quantitative estimate of drug-likeness (QED) is 0.947. The third kappa shape index (κ3) is 3.11. The number of benzene rings is 2. The molecule has 4 nitrogen and oxygen atoms in total. The van der Waals surface area contributed by atoms with E-state index in [0.29, 0.717) is 13.0 Å². The number of carbonyl (C=O) groups is 2. The third-order valence-electron chi connectivity index (χ3n) is 4.21. The molecule has 1 atom stereocenters. The Labute approximate surface area is 136 Å². The van der Waals surface area contributed by atoms with Gasteiger partial charge in [-0.2, -0.15) is 0 Å². The maximum absolute atomic E-state index is 12.6. The number of nitrogens with zero attached hydrogens (tertiary/aromatic N) is 1. The molecule has 1 heterocycles. The van der Waals surface area contributed by atoms with E-state index < -0.39 is 6.04 Å². The Morgan fingerprint density at radius 1 is 1.13 bits per heavy atom. The number of anilines is 1. The molecule has 0 saturated heterocycles. The zero-order chi connectivity index (χ0) is 16.4. The third-order valence-corrected chi connectivity index (χ3v) is 4.21. The highest BCUT2D eigenvalue weighted by Crippen LogP contribution is 2.32. The fourth-order valence-electron chi connectivity index (χ4n) is 3.00. The minimum absolute atomic E-state index is 0.106. The Balaban J connectivity index is 1.72. The summed E-state index contributed by atoms with van der Waals surface area (Å²) in [5.41, 5.74) is 4.12. The predicted molar refractivity (Wildman–Crippen MR) is 90.1 cm³/mol. The first-order valence-corrected chi connectivity index (χ1v) is 7.77. The Kier molecular flexibility index (Phi) is 4.15. The van der Waals surface area contributed by atoms with Crippen molar-refractivity contribution in [1.82, 2.24) is 5.32 Å². The standard InChI is InChI=1S/C19H20N2O2/c1-13-7-9-15(10-8-13)12-20-19(23)18-11-16-5-3-4-6-17(16)21(18)14(2)22/h3-10,18H,11-12H2,1-2H3,(H,20,23). The molecule has 2 aromatic rings. The van der Waals surface area contributed by atoms with E-state index in [0.717, 1.165) is 16.8 Å². The molecule has 0 saturated carbocycles. The van der Waals surface area contributed by atoms with Crippen LogP contribution in [0.4, 0.5) is 5.69 Å². The number of amides is 2. The van der Waals surface area contributed by atoms with Crippen molar-refractivity contribution in [3.63, 3.8) is 0 Å². The monoisotopic (exact) mass is 308 g/mol. The van der Waals surface area contributed by atoms with Gasteiger partial charge in [-0.1, -0.05) is 48.0 Å². The summed E-state index contributed by atoms with van der Waals surface area (Å²) in [7, 11) is 0. The Morgan fingerprint density at radius 3 is 2.52 bits per heavy atom. The summed E-state index contributed by atoms with van der Waals surface area (Å²) in [6, 6.07) is 15.3. The first kappa shape index (κ1) is 15.3. The van der Waals surface area contributed by atoms with E-state index in [1.807, 2.05) is 55.5 Å². The molecular weight excluding hydrogens is 288 g/mol. The van der Waals surface area contributed by atoms with Crippen LogP contribution in [0.5, 0.6) is 0 Å². The number of carbonyl (C=O) groups excluding carboxylic acids is 2. The van der Waals surface area contributed by atoms with E-state index in [2.05, 4.69) is 5.32 Å². The number of hydrogen-bond acceptors (Lipinski definition) is 2. The van der Waals surface area contributed by atoms with E-state index in [-0.39, 0.29) is 11.8 Å². The maximum Gasteiger partial charge on any atom is 0.243 e. The molecule has 118 valence electrons. The van der Waals surface area contributed by atoms with Gasteiger partial charge >= 0.3 is 0 Å². The number of aryl methyl sites for hydroxylation is 1. The molecule has 1 N–H and O–H groups in total. The number of rotatable bonds is 3. The number of nitrogens with one attached hydrogen (secondary N) is 1. The highest BCUT2D eigenvalue weighted by Gasteiger charge is 2.36. The molecule has 1 aliphatic rings. The highest BCUT2D eigenvalue weighted by molar-refractivity contribution is 6.02. The van der Waals surface area contributed by atoms with E-state index in [4.69, 9.17) is 0 Å². The van der Waals surface area contributed by atoms with Gasteiger partial charge in [0.2, 0.25) is 11.8 Å². The molecule has 3 rings (SSSR count). The molecule has 2 amide bonds. The van der Waals surface area contributed by atoms with Gasteiger partial charge in [-0.25, -0.2) is 0 Å². The molecule has 0 spiro atoms. The van der Waals surface area contributed by atoms with Crippen LogP contribution in [-0.4, -0.2) is 17.9 Å². The molecule has 2 aromatic carbocycles. The summed E-state index contributed by atoms with van der Waals surface area (Å²) in [6.45, 7) is 4.00. The summed E-state index contributed by atoms with van der Waals surface area (Å²) in [4.78, 5) is 26.1. The van der Waals surface area contributed by atoms with Crippen molar-refractivity contribution in [1.29, 1.82) is 0 Å². The van der Waals surface area contributed by atoms with Crippen molar-refractivity contribution in [3.8, 4) is 0 Å². The van der Waals surface area contributed by atoms with Crippen molar-refractivity contribution in [2.45, 2.75) is 32.9 Å². The van der Waals surface area contributed by atoms with Gasteiger partial charge in [-0.05, 0) is 24.1 Å². The van der Waals surface area contributed by atoms with Gasteiger partial charge < -0.3 is 5.32 Å². The van der Waals surface area contributed by atoms with Gasteiger partial charge in [0.05, 0.1) is 0 Å². The minimum atomic E-state index is -0.463. The van der Waals surface area contributed by atoms with Gasteiger partial charge in [-0.3, -0.25) is 14.5 Å². The second kappa shape index (κ2) is 6.24. The lowest BCUT2D eigenvalue weighted by molar-refractivity contribution is -0.125. The second-order valence-electron chi connectivity index (χ2n) is 5.94. The van der Waals surface area contributed by atoms with Crippen LogP contribution in [0, 0.1) is 6.92 Å². The lowest BCUT2D eigenvalue weighted by Crippen LogP contribution is -2.47. The molecule has 1 aliphatic heterocycles. The average Bonchev–Trinajstić information content (AvgIpc) is 2.93. The highest BCUT2D eigenvalue weighted by atomic mass is 16.2. The summed E-state index contributed by atoms with van der Waals surface area (Å²) in [6.07, 6.45) is 0.565. The number of fused-ring (bicyclic) bond motifs is 1. The summed E-state index contributed by atoms with van der Waals surface area (Å²) >= 11 is 0. The van der Waals surface area contributed by atoms with Crippen LogP contribution in [0.15, 0.2) is 48.5 Å². The number of hydrogen-bond donors (Lipinski definition) is 1.